The fourth-order valence-corrected chi connectivity index (χ4v) is 3.49. The average Bonchev–Trinajstić information content (AvgIpc) is 2.58. The normalized spacial score (nSPS) is 16.6. The number of fused-ring (bicyclic) bond motifs is 1. The molecule has 0 saturated carbocycles. The van der Waals surface area contributed by atoms with Gasteiger partial charge in [-0.25, -0.2) is 4.79 Å². The van der Waals surface area contributed by atoms with E-state index in [1.807, 2.05) is 13.0 Å². The second-order valence-electron chi connectivity index (χ2n) is 6.56. The number of rotatable bonds is 2. The Labute approximate surface area is 159 Å². The maximum atomic E-state index is 12.9. The van der Waals surface area contributed by atoms with Crippen LogP contribution in [0.25, 0.3) is 0 Å². The Morgan fingerprint density at radius 1 is 1.19 bits per heavy atom. The summed E-state index contributed by atoms with van der Waals surface area (Å²) in [7, 11) is 0. The number of urea groups is 1. The Hall–Kier alpha value is -2.25. The largest absolute Gasteiger partial charge is 0.417 e. The molecule has 0 radical (unpaired) electrons. The Bertz CT molecular complexity index is 884. The van der Waals surface area contributed by atoms with E-state index >= 15 is 0 Å². The number of aliphatic hydroxyl groups excluding tert-OH is 1. The maximum Gasteiger partial charge on any atom is 0.417 e. The van der Waals surface area contributed by atoms with Gasteiger partial charge in [0.25, 0.3) is 0 Å². The van der Waals surface area contributed by atoms with E-state index in [1.54, 1.807) is 6.07 Å². The lowest BCUT2D eigenvalue weighted by Gasteiger charge is -2.25. The van der Waals surface area contributed by atoms with E-state index in [2.05, 4.69) is 10.6 Å². The summed E-state index contributed by atoms with van der Waals surface area (Å²) in [6.07, 6.45) is -3.29. The van der Waals surface area contributed by atoms with Gasteiger partial charge in [0.1, 0.15) is 0 Å². The summed E-state index contributed by atoms with van der Waals surface area (Å²) in [4.78, 5) is 12.3. The molecule has 2 amide bonds. The van der Waals surface area contributed by atoms with Crippen LogP contribution in [0.1, 0.15) is 28.7 Å². The van der Waals surface area contributed by atoms with Crippen LogP contribution in [0.2, 0.25) is 5.02 Å². The van der Waals surface area contributed by atoms with Gasteiger partial charge in [-0.05, 0) is 60.7 Å². The van der Waals surface area contributed by atoms with Crippen LogP contribution in [-0.4, -0.2) is 17.2 Å². The lowest BCUT2D eigenvalue weighted by atomic mass is 9.86. The first-order valence-electron chi connectivity index (χ1n) is 8.39. The summed E-state index contributed by atoms with van der Waals surface area (Å²) in [5, 5.41) is 14.5. The summed E-state index contributed by atoms with van der Waals surface area (Å²) in [6.45, 7) is 1.97. The number of alkyl halides is 3. The van der Waals surface area contributed by atoms with E-state index in [4.69, 9.17) is 11.6 Å². The van der Waals surface area contributed by atoms with Gasteiger partial charge in [-0.1, -0.05) is 17.7 Å². The molecule has 144 valence electrons. The first-order chi connectivity index (χ1) is 12.6. The smallest absolute Gasteiger partial charge is 0.393 e. The van der Waals surface area contributed by atoms with Gasteiger partial charge in [-0.3, -0.25) is 0 Å². The molecule has 1 unspecified atom stereocenters. The second-order valence-corrected chi connectivity index (χ2v) is 6.96. The number of anilines is 2. The van der Waals surface area contributed by atoms with E-state index in [0.717, 1.165) is 28.8 Å². The van der Waals surface area contributed by atoms with Crippen molar-refractivity contribution in [2.75, 3.05) is 10.6 Å². The fraction of sp³-hybridized carbons (Fsp3) is 0.316. The third kappa shape index (κ3) is 4.36. The van der Waals surface area contributed by atoms with Crippen molar-refractivity contribution in [3.8, 4) is 0 Å². The Kier molecular flexibility index (Phi) is 5.35. The molecule has 3 rings (SSSR count). The number of amides is 2. The van der Waals surface area contributed by atoms with Crippen LogP contribution in [0.4, 0.5) is 29.3 Å². The Morgan fingerprint density at radius 2 is 1.93 bits per heavy atom. The number of carbonyl (C=O) groups excluding carboxylic acids is 1. The molecule has 27 heavy (non-hydrogen) atoms. The van der Waals surface area contributed by atoms with E-state index in [0.29, 0.717) is 24.9 Å². The molecule has 1 atom stereocenters. The molecule has 0 aliphatic heterocycles. The predicted molar refractivity (Wildman–Crippen MR) is 98.3 cm³/mol. The van der Waals surface area contributed by atoms with Crippen molar-refractivity contribution >= 4 is 29.0 Å². The third-order valence-corrected chi connectivity index (χ3v) is 4.94. The Balaban J connectivity index is 1.80. The Morgan fingerprint density at radius 3 is 2.63 bits per heavy atom. The standard InChI is InChI=1S/C19H18ClF3N2O2/c1-10-2-7-17(14-9-12(26)4-5-13(10)14)25-18(27)24-11-3-6-16(20)15(8-11)19(21,22)23/h2-3,6-8,12,26H,4-5,9H2,1H3,(H2,24,25,27). The maximum absolute atomic E-state index is 12.9. The molecular formula is C19H18ClF3N2O2. The first kappa shape index (κ1) is 19.5. The van der Waals surface area contributed by atoms with Crippen LogP contribution >= 0.6 is 11.6 Å². The lowest BCUT2D eigenvalue weighted by Crippen LogP contribution is -2.25. The van der Waals surface area contributed by atoms with E-state index in [1.165, 1.54) is 6.07 Å². The summed E-state index contributed by atoms with van der Waals surface area (Å²) in [5.41, 5.74) is 2.52. The van der Waals surface area contributed by atoms with Crippen molar-refractivity contribution in [3.05, 3.63) is 57.6 Å². The van der Waals surface area contributed by atoms with Crippen LogP contribution in [-0.2, 0) is 19.0 Å². The predicted octanol–water partition coefficient (Wildman–Crippen LogP) is 5.16. The monoisotopic (exact) mass is 398 g/mol. The fourth-order valence-electron chi connectivity index (χ4n) is 3.26. The highest BCUT2D eigenvalue weighted by molar-refractivity contribution is 6.31. The van der Waals surface area contributed by atoms with Crippen molar-refractivity contribution in [1.82, 2.24) is 0 Å². The zero-order valence-corrected chi connectivity index (χ0v) is 15.2. The van der Waals surface area contributed by atoms with Gasteiger partial charge < -0.3 is 15.7 Å². The first-order valence-corrected chi connectivity index (χ1v) is 8.77. The highest BCUT2D eigenvalue weighted by Crippen LogP contribution is 2.36. The summed E-state index contributed by atoms with van der Waals surface area (Å²) in [5.74, 6) is 0. The van der Waals surface area contributed by atoms with E-state index < -0.39 is 28.9 Å². The molecule has 0 saturated heterocycles. The molecule has 0 heterocycles. The van der Waals surface area contributed by atoms with Gasteiger partial charge in [0, 0.05) is 17.8 Å². The molecule has 3 N–H and O–H groups in total. The highest BCUT2D eigenvalue weighted by Gasteiger charge is 2.33. The minimum Gasteiger partial charge on any atom is -0.393 e. The van der Waals surface area contributed by atoms with Crippen molar-refractivity contribution in [3.63, 3.8) is 0 Å². The molecule has 1 aliphatic carbocycles. The average molecular weight is 399 g/mol. The quantitative estimate of drug-likeness (QED) is 0.654. The molecule has 2 aromatic carbocycles. The van der Waals surface area contributed by atoms with Crippen molar-refractivity contribution in [1.29, 1.82) is 0 Å². The lowest BCUT2D eigenvalue weighted by molar-refractivity contribution is -0.137. The molecule has 0 spiro atoms. The molecule has 8 heteroatoms. The topological polar surface area (TPSA) is 61.4 Å². The zero-order chi connectivity index (χ0) is 19.8. The molecule has 1 aliphatic rings. The molecule has 0 fully saturated rings. The number of hydrogen-bond acceptors (Lipinski definition) is 2. The number of carbonyl (C=O) groups is 1. The van der Waals surface area contributed by atoms with Gasteiger partial charge in [0.05, 0.1) is 16.7 Å². The number of aryl methyl sites for hydroxylation is 1. The van der Waals surface area contributed by atoms with Crippen molar-refractivity contribution in [2.45, 2.75) is 38.5 Å². The van der Waals surface area contributed by atoms with Crippen LogP contribution in [0.5, 0.6) is 0 Å². The van der Waals surface area contributed by atoms with E-state index in [-0.39, 0.29) is 5.69 Å². The van der Waals surface area contributed by atoms with E-state index in [9.17, 15) is 23.1 Å². The van der Waals surface area contributed by atoms with Crippen molar-refractivity contribution in [2.24, 2.45) is 0 Å². The molecular weight excluding hydrogens is 381 g/mol. The van der Waals surface area contributed by atoms with Crippen molar-refractivity contribution < 1.29 is 23.1 Å². The van der Waals surface area contributed by atoms with Crippen LogP contribution < -0.4 is 10.6 Å². The molecule has 0 bridgehead atoms. The minimum atomic E-state index is -4.61. The SMILES string of the molecule is Cc1ccc(NC(=O)Nc2ccc(Cl)c(C(F)(F)F)c2)c2c1CCC(O)C2. The number of benzene rings is 2. The van der Waals surface area contributed by atoms with Gasteiger partial charge in [-0.15, -0.1) is 0 Å². The number of nitrogens with one attached hydrogen (secondary N) is 2. The third-order valence-electron chi connectivity index (χ3n) is 4.61. The number of hydrogen-bond donors (Lipinski definition) is 3. The van der Waals surface area contributed by atoms with Crippen LogP contribution in [0.15, 0.2) is 30.3 Å². The summed E-state index contributed by atoms with van der Waals surface area (Å²) < 4.78 is 38.8. The highest BCUT2D eigenvalue weighted by atomic mass is 35.5. The second kappa shape index (κ2) is 7.40. The minimum absolute atomic E-state index is 0.0229. The number of halogens is 4. The molecule has 2 aromatic rings. The zero-order valence-electron chi connectivity index (χ0n) is 14.5. The van der Waals surface area contributed by atoms with Crippen LogP contribution in [0.3, 0.4) is 0 Å². The number of aliphatic hydroxyl groups is 1. The van der Waals surface area contributed by atoms with Gasteiger partial charge in [-0.2, -0.15) is 13.2 Å². The summed E-state index contributed by atoms with van der Waals surface area (Å²) in [6, 6.07) is 6.10. The molecule has 0 aromatic heterocycles. The van der Waals surface area contributed by atoms with Gasteiger partial charge in [0.2, 0.25) is 0 Å². The molecule has 4 nitrogen and oxygen atoms in total. The van der Waals surface area contributed by atoms with Crippen LogP contribution in [0, 0.1) is 6.92 Å². The van der Waals surface area contributed by atoms with Gasteiger partial charge >= 0.3 is 12.2 Å². The van der Waals surface area contributed by atoms with Gasteiger partial charge in [0.15, 0.2) is 0 Å². The summed E-state index contributed by atoms with van der Waals surface area (Å²) >= 11 is 5.58.